The first-order valence-corrected chi connectivity index (χ1v) is 10.2. The summed E-state index contributed by atoms with van der Waals surface area (Å²) in [6, 6.07) is 18.8. The van der Waals surface area contributed by atoms with Crippen molar-refractivity contribution in [2.45, 2.75) is 29.9 Å². The van der Waals surface area contributed by atoms with Crippen LogP contribution in [0.1, 0.15) is 24.6 Å². The van der Waals surface area contributed by atoms with Gasteiger partial charge in [0.2, 0.25) is 0 Å². The summed E-state index contributed by atoms with van der Waals surface area (Å²) < 4.78 is 11.6. The third kappa shape index (κ3) is 3.22. The highest BCUT2D eigenvalue weighted by Crippen LogP contribution is 2.34. The number of anilines is 1. The zero-order valence-electron chi connectivity index (χ0n) is 15.3. The second-order valence-corrected chi connectivity index (χ2v) is 7.89. The third-order valence-corrected chi connectivity index (χ3v) is 6.08. The lowest BCUT2D eigenvalue weighted by molar-refractivity contribution is 0.0448. The molecule has 0 spiro atoms. The molecule has 3 N–H and O–H groups in total. The Morgan fingerprint density at radius 2 is 2.00 bits per heavy atom. The van der Waals surface area contributed by atoms with Crippen molar-refractivity contribution in [2.75, 3.05) is 12.3 Å². The fraction of sp³-hybridized carbons (Fsp3) is 0.238. The van der Waals surface area contributed by atoms with E-state index in [1.165, 1.54) is 22.0 Å². The Balaban J connectivity index is 1.23. The van der Waals surface area contributed by atoms with Gasteiger partial charge in [0, 0.05) is 11.4 Å². The largest absolute Gasteiger partial charge is 0.382 e. The average Bonchev–Trinajstić information content (AvgIpc) is 3.36. The van der Waals surface area contributed by atoms with Gasteiger partial charge in [-0.15, -0.1) is 0 Å². The molecule has 0 aliphatic carbocycles. The van der Waals surface area contributed by atoms with Crippen LogP contribution in [-0.4, -0.2) is 27.2 Å². The van der Waals surface area contributed by atoms with E-state index < -0.39 is 0 Å². The van der Waals surface area contributed by atoms with E-state index in [9.17, 15) is 0 Å². The van der Waals surface area contributed by atoms with Crippen molar-refractivity contribution in [3.63, 3.8) is 0 Å². The fourth-order valence-corrected chi connectivity index (χ4v) is 4.65. The molecule has 142 valence electrons. The first-order valence-electron chi connectivity index (χ1n) is 9.40. The van der Waals surface area contributed by atoms with Gasteiger partial charge in [-0.2, -0.15) is 5.10 Å². The van der Waals surface area contributed by atoms with Crippen LogP contribution in [-0.2, 0) is 4.74 Å². The topological polar surface area (TPSA) is 77.5 Å². The zero-order valence-corrected chi connectivity index (χ0v) is 16.1. The van der Waals surface area contributed by atoms with Gasteiger partial charge in [-0.05, 0) is 53.8 Å². The molecule has 2 atom stereocenters. The van der Waals surface area contributed by atoms with E-state index in [1.54, 1.807) is 11.9 Å². The molecule has 2 unspecified atom stereocenters. The molecule has 7 heteroatoms. The summed E-state index contributed by atoms with van der Waals surface area (Å²) >= 11 is 1.67. The summed E-state index contributed by atoms with van der Waals surface area (Å²) in [7, 11) is 0. The van der Waals surface area contributed by atoms with Gasteiger partial charge in [0.1, 0.15) is 17.9 Å². The highest BCUT2D eigenvalue weighted by atomic mass is 32.2. The number of ether oxygens (including phenoxy) is 1. The fourth-order valence-electron chi connectivity index (χ4n) is 3.79. The molecule has 2 aromatic carbocycles. The number of nitrogens with two attached hydrogens (primary N) is 1. The molecule has 1 fully saturated rings. The van der Waals surface area contributed by atoms with E-state index in [-0.39, 0.29) is 12.2 Å². The summed E-state index contributed by atoms with van der Waals surface area (Å²) in [6.45, 7) is 0.796. The molecular weight excluding hydrogens is 370 g/mol. The standard InChI is InChI=1S/C21H21N5OS/c22-21-18-10-9-17(26(18)24-13-23-21)19-11-8-15(27-19)12-25-28-20-7-3-5-14-4-1-2-6-16(14)20/h1-7,9-10,13,15,19,25H,8,11-12H2,(H2,22,23,24). The molecule has 0 amide bonds. The predicted molar refractivity (Wildman–Crippen MR) is 112 cm³/mol. The second-order valence-electron chi connectivity index (χ2n) is 6.95. The van der Waals surface area contributed by atoms with Crippen LogP contribution in [0.5, 0.6) is 0 Å². The van der Waals surface area contributed by atoms with Crippen molar-refractivity contribution in [2.24, 2.45) is 0 Å². The summed E-state index contributed by atoms with van der Waals surface area (Å²) in [5.41, 5.74) is 7.79. The van der Waals surface area contributed by atoms with Gasteiger partial charge in [-0.1, -0.05) is 36.4 Å². The molecule has 5 rings (SSSR count). The highest BCUT2D eigenvalue weighted by Gasteiger charge is 2.28. The van der Waals surface area contributed by atoms with Crippen LogP contribution >= 0.6 is 11.9 Å². The van der Waals surface area contributed by atoms with Gasteiger partial charge < -0.3 is 10.5 Å². The number of hydrogen-bond donors (Lipinski definition) is 2. The summed E-state index contributed by atoms with van der Waals surface area (Å²) in [5.74, 6) is 0.490. The SMILES string of the molecule is Nc1ncnn2c(C3CCC(CNSc4cccc5ccccc45)O3)ccc12. The van der Waals surface area contributed by atoms with Crippen LogP contribution in [0.15, 0.2) is 65.8 Å². The zero-order chi connectivity index (χ0) is 18.9. The first kappa shape index (κ1) is 17.5. The number of aromatic nitrogens is 3. The van der Waals surface area contributed by atoms with Crippen LogP contribution < -0.4 is 10.5 Å². The van der Waals surface area contributed by atoms with Crippen molar-refractivity contribution in [3.05, 3.63) is 66.6 Å². The van der Waals surface area contributed by atoms with E-state index >= 15 is 0 Å². The summed E-state index contributed by atoms with van der Waals surface area (Å²) in [6.07, 6.45) is 3.69. The maximum absolute atomic E-state index is 6.28. The maximum atomic E-state index is 6.28. The van der Waals surface area contributed by atoms with Gasteiger partial charge in [-0.25, -0.2) is 9.50 Å². The van der Waals surface area contributed by atoms with Crippen LogP contribution in [0.3, 0.4) is 0 Å². The molecule has 1 aliphatic heterocycles. The summed E-state index contributed by atoms with van der Waals surface area (Å²) in [5, 5.41) is 6.85. The van der Waals surface area contributed by atoms with E-state index in [1.807, 2.05) is 16.6 Å². The quantitative estimate of drug-likeness (QED) is 0.501. The Morgan fingerprint density at radius 3 is 2.96 bits per heavy atom. The predicted octanol–water partition coefficient (Wildman–Crippen LogP) is 3.98. The minimum Gasteiger partial charge on any atom is -0.382 e. The number of fused-ring (bicyclic) bond motifs is 2. The minimum atomic E-state index is 0.0335. The number of hydrogen-bond acceptors (Lipinski definition) is 6. The number of nitrogens with zero attached hydrogens (tertiary/aromatic N) is 3. The molecule has 0 saturated carbocycles. The molecule has 4 aromatic rings. The second kappa shape index (κ2) is 7.43. The van der Waals surface area contributed by atoms with Crippen molar-refractivity contribution in [3.8, 4) is 0 Å². The molecule has 0 radical (unpaired) electrons. The smallest absolute Gasteiger partial charge is 0.151 e. The maximum Gasteiger partial charge on any atom is 0.151 e. The van der Waals surface area contributed by atoms with Crippen molar-refractivity contribution in [1.29, 1.82) is 0 Å². The molecule has 6 nitrogen and oxygen atoms in total. The number of benzene rings is 2. The van der Waals surface area contributed by atoms with Crippen LogP contribution in [0.4, 0.5) is 5.82 Å². The molecule has 28 heavy (non-hydrogen) atoms. The Kier molecular flexibility index (Phi) is 4.64. The van der Waals surface area contributed by atoms with Crippen LogP contribution in [0.25, 0.3) is 16.3 Å². The molecular formula is C21H21N5OS. The Labute approximate surface area is 167 Å². The minimum absolute atomic E-state index is 0.0335. The van der Waals surface area contributed by atoms with E-state index in [2.05, 4.69) is 57.3 Å². The average molecular weight is 392 g/mol. The molecule has 3 heterocycles. The molecule has 0 bridgehead atoms. The summed E-state index contributed by atoms with van der Waals surface area (Å²) in [4.78, 5) is 5.28. The first-order chi connectivity index (χ1) is 13.8. The number of nitrogen functional groups attached to an aromatic ring is 1. The van der Waals surface area contributed by atoms with Crippen LogP contribution in [0.2, 0.25) is 0 Å². The lowest BCUT2D eigenvalue weighted by Crippen LogP contribution is -2.21. The van der Waals surface area contributed by atoms with Crippen molar-refractivity contribution < 1.29 is 4.74 Å². The molecule has 2 aromatic heterocycles. The Hall–Kier alpha value is -2.61. The normalized spacial score (nSPS) is 19.6. The van der Waals surface area contributed by atoms with Gasteiger partial charge in [-0.3, -0.25) is 4.72 Å². The Bertz CT molecular complexity index is 1120. The van der Waals surface area contributed by atoms with Gasteiger partial charge in [0.05, 0.1) is 11.8 Å². The van der Waals surface area contributed by atoms with Crippen molar-refractivity contribution in [1.82, 2.24) is 19.3 Å². The third-order valence-electron chi connectivity index (χ3n) is 5.19. The number of nitrogens with one attached hydrogen (secondary N) is 1. The van der Waals surface area contributed by atoms with Gasteiger partial charge in [0.15, 0.2) is 5.82 Å². The molecule has 1 saturated heterocycles. The van der Waals surface area contributed by atoms with Gasteiger partial charge >= 0.3 is 0 Å². The van der Waals surface area contributed by atoms with Gasteiger partial charge in [0.25, 0.3) is 0 Å². The lowest BCUT2D eigenvalue weighted by Gasteiger charge is -2.14. The lowest BCUT2D eigenvalue weighted by atomic mass is 10.1. The van der Waals surface area contributed by atoms with Crippen LogP contribution in [0, 0.1) is 0 Å². The monoisotopic (exact) mass is 391 g/mol. The van der Waals surface area contributed by atoms with E-state index in [4.69, 9.17) is 10.5 Å². The molecule has 1 aliphatic rings. The highest BCUT2D eigenvalue weighted by molar-refractivity contribution is 7.97. The van der Waals surface area contributed by atoms with E-state index in [0.29, 0.717) is 5.82 Å². The number of rotatable bonds is 5. The Morgan fingerprint density at radius 1 is 1.11 bits per heavy atom. The van der Waals surface area contributed by atoms with E-state index in [0.717, 1.165) is 30.6 Å². The van der Waals surface area contributed by atoms with Crippen molar-refractivity contribution >= 4 is 34.1 Å².